The minimum Gasteiger partial charge on any atom is -0.379 e. The third kappa shape index (κ3) is 4.06. The van der Waals surface area contributed by atoms with Crippen LogP contribution in [0.3, 0.4) is 0 Å². The summed E-state index contributed by atoms with van der Waals surface area (Å²) in [6.07, 6.45) is 0. The van der Waals surface area contributed by atoms with Gasteiger partial charge in [-0.05, 0) is 6.07 Å². The van der Waals surface area contributed by atoms with E-state index in [2.05, 4.69) is 15.5 Å². The maximum atomic E-state index is 12.8. The molecule has 1 aliphatic heterocycles. The number of ether oxygens (including phenoxy) is 1. The van der Waals surface area contributed by atoms with Gasteiger partial charge in [0, 0.05) is 19.2 Å². The minimum atomic E-state index is -4.07. The highest BCUT2D eigenvalue weighted by Gasteiger charge is 2.31. The lowest BCUT2D eigenvalue weighted by Crippen LogP contribution is -2.40. The SMILES string of the molecule is O=C(Nc1nncs1)c1cc(S(=O)(=O)N2CCOCC2)cc([N+](=O)[O-])c1Cl. The molecule has 2 heterocycles. The molecule has 1 aromatic heterocycles. The molecule has 0 unspecified atom stereocenters. The maximum absolute atomic E-state index is 12.8. The summed E-state index contributed by atoms with van der Waals surface area (Å²) in [4.78, 5) is 22.5. The van der Waals surface area contributed by atoms with Gasteiger partial charge in [-0.15, -0.1) is 10.2 Å². The molecular weight excluding hydrogens is 422 g/mol. The fourth-order valence-corrected chi connectivity index (χ4v) is 4.52. The molecule has 0 saturated carbocycles. The lowest BCUT2D eigenvalue weighted by atomic mass is 10.2. The fourth-order valence-electron chi connectivity index (χ4n) is 2.36. The van der Waals surface area contributed by atoms with E-state index in [4.69, 9.17) is 16.3 Å². The van der Waals surface area contributed by atoms with E-state index in [1.807, 2.05) is 0 Å². The molecule has 14 heteroatoms. The van der Waals surface area contributed by atoms with Gasteiger partial charge in [0.15, 0.2) is 0 Å². The van der Waals surface area contributed by atoms with E-state index in [0.717, 1.165) is 27.8 Å². The number of rotatable bonds is 5. The first-order chi connectivity index (χ1) is 12.8. The second kappa shape index (κ2) is 7.82. The number of benzene rings is 1. The Morgan fingerprint density at radius 1 is 1.37 bits per heavy atom. The van der Waals surface area contributed by atoms with Crippen LogP contribution in [0.1, 0.15) is 10.4 Å². The van der Waals surface area contributed by atoms with Crippen molar-refractivity contribution in [2.75, 3.05) is 31.6 Å². The van der Waals surface area contributed by atoms with Gasteiger partial charge in [-0.1, -0.05) is 22.9 Å². The van der Waals surface area contributed by atoms with E-state index in [9.17, 15) is 23.3 Å². The van der Waals surface area contributed by atoms with E-state index < -0.39 is 36.5 Å². The van der Waals surface area contributed by atoms with Crippen LogP contribution in [0.5, 0.6) is 0 Å². The van der Waals surface area contributed by atoms with Crippen molar-refractivity contribution in [2.45, 2.75) is 4.90 Å². The Kier molecular flexibility index (Phi) is 5.67. The van der Waals surface area contributed by atoms with E-state index >= 15 is 0 Å². The van der Waals surface area contributed by atoms with Crippen LogP contribution in [0.25, 0.3) is 0 Å². The number of nitrogens with zero attached hydrogens (tertiary/aromatic N) is 4. The number of carbonyl (C=O) groups is 1. The molecule has 1 N–H and O–H groups in total. The Labute approximate surface area is 162 Å². The predicted molar refractivity (Wildman–Crippen MR) is 95.5 cm³/mol. The highest BCUT2D eigenvalue weighted by Crippen LogP contribution is 2.33. The summed E-state index contributed by atoms with van der Waals surface area (Å²) in [6, 6.07) is 1.85. The van der Waals surface area contributed by atoms with Crippen LogP contribution in [-0.4, -0.2) is 60.1 Å². The quantitative estimate of drug-likeness (QED) is 0.549. The summed E-state index contributed by atoms with van der Waals surface area (Å²) in [7, 11) is -4.07. The van der Waals surface area contributed by atoms with Gasteiger partial charge >= 0.3 is 0 Å². The number of morpholine rings is 1. The van der Waals surface area contributed by atoms with Gasteiger partial charge in [-0.3, -0.25) is 20.2 Å². The van der Waals surface area contributed by atoms with Crippen LogP contribution in [0.15, 0.2) is 22.5 Å². The van der Waals surface area contributed by atoms with Crippen LogP contribution in [0, 0.1) is 10.1 Å². The standard InChI is InChI=1S/C13H12ClN5O6S2/c14-11-9(12(20)16-13-17-15-7-26-13)5-8(6-10(11)19(21)22)27(23,24)18-1-3-25-4-2-18/h5-7H,1-4H2,(H,16,17,20). The Morgan fingerprint density at radius 3 is 2.67 bits per heavy atom. The van der Waals surface area contributed by atoms with Crippen LogP contribution < -0.4 is 5.32 Å². The van der Waals surface area contributed by atoms with Gasteiger partial charge in [-0.25, -0.2) is 8.42 Å². The summed E-state index contributed by atoms with van der Waals surface area (Å²) in [5.41, 5.74) is 0.334. The van der Waals surface area contributed by atoms with Gasteiger partial charge in [0.2, 0.25) is 15.2 Å². The molecule has 0 radical (unpaired) electrons. The number of nitro benzene ring substituents is 1. The molecule has 2 aromatic rings. The summed E-state index contributed by atoms with van der Waals surface area (Å²) < 4.78 is 31.9. The number of hydrogen-bond donors (Lipinski definition) is 1. The monoisotopic (exact) mass is 433 g/mol. The second-order valence-electron chi connectivity index (χ2n) is 5.28. The highest BCUT2D eigenvalue weighted by molar-refractivity contribution is 7.89. The zero-order valence-electron chi connectivity index (χ0n) is 13.5. The fraction of sp³-hybridized carbons (Fsp3) is 0.308. The van der Waals surface area contributed by atoms with Gasteiger partial charge in [0.05, 0.1) is 28.6 Å². The third-order valence-electron chi connectivity index (χ3n) is 3.66. The van der Waals surface area contributed by atoms with Gasteiger partial charge in [-0.2, -0.15) is 4.31 Å². The molecule has 1 aliphatic rings. The molecular formula is C13H12ClN5O6S2. The van der Waals surface area contributed by atoms with Crippen molar-refractivity contribution in [3.05, 3.63) is 38.3 Å². The molecule has 1 aromatic carbocycles. The Balaban J connectivity index is 2.05. The van der Waals surface area contributed by atoms with Crippen molar-refractivity contribution in [2.24, 2.45) is 0 Å². The Bertz CT molecular complexity index is 975. The molecule has 3 rings (SSSR count). The first-order valence-corrected chi connectivity index (χ1v) is 10.1. The Hall–Kier alpha value is -2.19. The number of anilines is 1. The molecule has 1 saturated heterocycles. The molecule has 0 spiro atoms. The van der Waals surface area contributed by atoms with Crippen molar-refractivity contribution in [3.63, 3.8) is 0 Å². The predicted octanol–water partition coefficient (Wildman–Crippen LogP) is 1.37. The van der Waals surface area contributed by atoms with Crippen LogP contribution >= 0.6 is 22.9 Å². The maximum Gasteiger partial charge on any atom is 0.290 e. The number of nitrogens with one attached hydrogen (secondary N) is 1. The topological polar surface area (TPSA) is 145 Å². The molecule has 11 nitrogen and oxygen atoms in total. The molecule has 144 valence electrons. The van der Waals surface area contributed by atoms with Crippen molar-refractivity contribution in [3.8, 4) is 0 Å². The van der Waals surface area contributed by atoms with Gasteiger partial charge < -0.3 is 4.74 Å². The zero-order valence-corrected chi connectivity index (χ0v) is 15.9. The third-order valence-corrected chi connectivity index (χ3v) is 6.54. The minimum absolute atomic E-state index is 0.102. The molecule has 1 amide bonds. The first kappa shape index (κ1) is 19.6. The lowest BCUT2D eigenvalue weighted by Gasteiger charge is -2.26. The molecule has 1 fully saturated rings. The number of nitro groups is 1. The lowest BCUT2D eigenvalue weighted by molar-refractivity contribution is -0.384. The smallest absolute Gasteiger partial charge is 0.290 e. The van der Waals surface area contributed by atoms with Crippen molar-refractivity contribution in [1.82, 2.24) is 14.5 Å². The Morgan fingerprint density at radius 2 is 2.07 bits per heavy atom. The van der Waals surface area contributed by atoms with E-state index in [-0.39, 0.29) is 37.0 Å². The molecule has 0 bridgehead atoms. The summed E-state index contributed by atoms with van der Waals surface area (Å²) >= 11 is 7.01. The average molecular weight is 434 g/mol. The van der Waals surface area contributed by atoms with E-state index in [1.165, 1.54) is 5.51 Å². The van der Waals surface area contributed by atoms with Gasteiger partial charge in [0.25, 0.3) is 11.6 Å². The van der Waals surface area contributed by atoms with E-state index in [0.29, 0.717) is 0 Å². The molecule has 27 heavy (non-hydrogen) atoms. The zero-order chi connectivity index (χ0) is 19.6. The van der Waals surface area contributed by atoms with Crippen LogP contribution in [-0.2, 0) is 14.8 Å². The summed E-state index contributed by atoms with van der Waals surface area (Å²) in [6.45, 7) is 0.620. The van der Waals surface area contributed by atoms with Gasteiger partial charge in [0.1, 0.15) is 10.5 Å². The van der Waals surface area contributed by atoms with Crippen molar-refractivity contribution in [1.29, 1.82) is 0 Å². The number of halogens is 1. The number of amides is 1. The molecule has 0 atom stereocenters. The van der Waals surface area contributed by atoms with Crippen molar-refractivity contribution < 1.29 is 22.9 Å². The second-order valence-corrected chi connectivity index (χ2v) is 8.42. The molecule has 0 aliphatic carbocycles. The highest BCUT2D eigenvalue weighted by atomic mass is 35.5. The summed E-state index contributed by atoms with van der Waals surface area (Å²) in [5.74, 6) is -0.834. The summed E-state index contributed by atoms with van der Waals surface area (Å²) in [5, 5.41) is 20.5. The first-order valence-electron chi connectivity index (χ1n) is 7.44. The van der Waals surface area contributed by atoms with E-state index in [1.54, 1.807) is 0 Å². The van der Waals surface area contributed by atoms with Crippen LogP contribution in [0.4, 0.5) is 10.8 Å². The number of carbonyl (C=O) groups excluding carboxylic acids is 1. The normalized spacial score (nSPS) is 15.4. The van der Waals surface area contributed by atoms with Crippen molar-refractivity contribution >= 4 is 49.7 Å². The number of hydrogen-bond acceptors (Lipinski definition) is 9. The largest absolute Gasteiger partial charge is 0.379 e. The van der Waals surface area contributed by atoms with Crippen LogP contribution in [0.2, 0.25) is 5.02 Å². The number of sulfonamides is 1. The average Bonchev–Trinajstić information content (AvgIpc) is 3.15. The number of aromatic nitrogens is 2.